The Bertz CT molecular complexity index is 635. The molecule has 0 radical (unpaired) electrons. The smallest absolute Gasteiger partial charge is 0.193 e. The summed E-state index contributed by atoms with van der Waals surface area (Å²) < 4.78 is 5.72. The topological polar surface area (TPSA) is 46.5 Å². The highest BCUT2D eigenvalue weighted by molar-refractivity contribution is 6.17. The van der Waals surface area contributed by atoms with Crippen molar-refractivity contribution >= 4 is 17.4 Å². The van der Waals surface area contributed by atoms with Gasteiger partial charge in [-0.1, -0.05) is 25.7 Å². The number of benzene rings is 2. The molecule has 0 aliphatic carbocycles. The molecule has 134 valence electrons. The fourth-order valence-electron chi connectivity index (χ4n) is 2.58. The van der Waals surface area contributed by atoms with Crippen LogP contribution in [0.15, 0.2) is 48.5 Å². The predicted octanol–water partition coefficient (Wildman–Crippen LogP) is 5.58. The molecule has 0 heterocycles. The zero-order valence-corrected chi connectivity index (χ0v) is 15.2. The Morgan fingerprint density at radius 2 is 1.32 bits per heavy atom. The van der Waals surface area contributed by atoms with Gasteiger partial charge in [-0.05, 0) is 61.4 Å². The molecule has 2 rings (SSSR count). The van der Waals surface area contributed by atoms with E-state index in [9.17, 15) is 9.90 Å². The van der Waals surface area contributed by atoms with Crippen LogP contribution < -0.4 is 4.74 Å². The Labute approximate surface area is 154 Å². The largest absolute Gasteiger partial charge is 0.508 e. The number of rotatable bonds is 11. The summed E-state index contributed by atoms with van der Waals surface area (Å²) in [5.41, 5.74) is 1.16. The maximum absolute atomic E-state index is 12.3. The summed E-state index contributed by atoms with van der Waals surface area (Å²) in [4.78, 5) is 12.3. The number of alkyl halides is 1. The second kappa shape index (κ2) is 10.8. The minimum Gasteiger partial charge on any atom is -0.508 e. The lowest BCUT2D eigenvalue weighted by Gasteiger charge is -2.07. The fraction of sp³-hybridized carbons (Fsp3) is 0.381. The molecule has 0 aromatic heterocycles. The van der Waals surface area contributed by atoms with Gasteiger partial charge in [0.25, 0.3) is 0 Å². The van der Waals surface area contributed by atoms with E-state index in [4.69, 9.17) is 16.3 Å². The quantitative estimate of drug-likeness (QED) is 0.323. The number of phenols is 1. The minimum absolute atomic E-state index is 0.0662. The first kappa shape index (κ1) is 19.3. The first-order valence-corrected chi connectivity index (χ1v) is 9.37. The van der Waals surface area contributed by atoms with E-state index in [0.29, 0.717) is 17.7 Å². The summed E-state index contributed by atoms with van der Waals surface area (Å²) in [5, 5.41) is 9.29. The second-order valence-corrected chi connectivity index (χ2v) is 6.44. The first-order chi connectivity index (χ1) is 12.2. The van der Waals surface area contributed by atoms with Crippen LogP contribution in [0.3, 0.4) is 0 Å². The molecule has 0 saturated carbocycles. The van der Waals surface area contributed by atoms with Gasteiger partial charge in [-0.15, -0.1) is 11.6 Å². The van der Waals surface area contributed by atoms with Crippen LogP contribution in [0.25, 0.3) is 0 Å². The standard InChI is InChI=1S/C21H25ClO3/c22-15-5-3-1-2-4-6-16-25-20-13-9-18(10-14-20)21(24)17-7-11-19(23)12-8-17/h7-14,23H,1-6,15-16H2. The van der Waals surface area contributed by atoms with Crippen molar-refractivity contribution in [3.63, 3.8) is 0 Å². The predicted molar refractivity (Wildman–Crippen MR) is 102 cm³/mol. The molecule has 0 aliphatic rings. The third-order valence-electron chi connectivity index (χ3n) is 4.04. The molecule has 0 amide bonds. The lowest BCUT2D eigenvalue weighted by atomic mass is 10.0. The molecule has 0 atom stereocenters. The number of aromatic hydroxyl groups is 1. The summed E-state index contributed by atoms with van der Waals surface area (Å²) in [6, 6.07) is 13.5. The molecular weight excluding hydrogens is 336 g/mol. The number of carbonyl (C=O) groups is 1. The number of hydrogen-bond donors (Lipinski definition) is 1. The molecule has 0 unspecified atom stereocenters. The van der Waals surface area contributed by atoms with Crippen LogP contribution in [0.4, 0.5) is 0 Å². The van der Waals surface area contributed by atoms with Gasteiger partial charge in [-0.3, -0.25) is 4.79 Å². The van der Waals surface area contributed by atoms with Gasteiger partial charge in [0.05, 0.1) is 6.61 Å². The number of unbranched alkanes of at least 4 members (excludes halogenated alkanes) is 5. The van der Waals surface area contributed by atoms with Crippen molar-refractivity contribution in [3.8, 4) is 11.5 Å². The number of halogens is 1. The van der Waals surface area contributed by atoms with E-state index >= 15 is 0 Å². The third kappa shape index (κ3) is 6.79. The van der Waals surface area contributed by atoms with Crippen molar-refractivity contribution in [2.24, 2.45) is 0 Å². The summed E-state index contributed by atoms with van der Waals surface area (Å²) in [7, 11) is 0. The van der Waals surface area contributed by atoms with Crippen LogP contribution in [0.1, 0.15) is 54.4 Å². The highest BCUT2D eigenvalue weighted by atomic mass is 35.5. The zero-order valence-electron chi connectivity index (χ0n) is 14.4. The maximum Gasteiger partial charge on any atom is 0.193 e. The van der Waals surface area contributed by atoms with Gasteiger partial charge in [0.2, 0.25) is 0 Å². The van der Waals surface area contributed by atoms with E-state index in [1.165, 1.54) is 37.8 Å². The van der Waals surface area contributed by atoms with Crippen LogP contribution >= 0.6 is 11.6 Å². The van der Waals surface area contributed by atoms with Crippen molar-refractivity contribution in [3.05, 3.63) is 59.7 Å². The van der Waals surface area contributed by atoms with E-state index in [0.717, 1.165) is 24.5 Å². The second-order valence-electron chi connectivity index (χ2n) is 6.06. The molecule has 2 aromatic carbocycles. The van der Waals surface area contributed by atoms with Crippen LogP contribution in [0, 0.1) is 0 Å². The van der Waals surface area contributed by atoms with Crippen molar-refractivity contribution in [1.82, 2.24) is 0 Å². The van der Waals surface area contributed by atoms with Crippen molar-refractivity contribution < 1.29 is 14.6 Å². The van der Waals surface area contributed by atoms with Gasteiger partial charge < -0.3 is 9.84 Å². The lowest BCUT2D eigenvalue weighted by Crippen LogP contribution is -2.02. The van der Waals surface area contributed by atoms with Gasteiger partial charge in [0, 0.05) is 17.0 Å². The molecule has 3 nitrogen and oxygen atoms in total. The molecule has 0 bridgehead atoms. The van der Waals surface area contributed by atoms with Crippen molar-refractivity contribution in [1.29, 1.82) is 0 Å². The Hall–Kier alpha value is -2.00. The van der Waals surface area contributed by atoms with Crippen LogP contribution in [0.5, 0.6) is 11.5 Å². The van der Waals surface area contributed by atoms with Crippen LogP contribution in [0.2, 0.25) is 0 Å². The SMILES string of the molecule is O=C(c1ccc(O)cc1)c1ccc(OCCCCCCCCCl)cc1. The van der Waals surface area contributed by atoms with Crippen molar-refractivity contribution in [2.45, 2.75) is 38.5 Å². The molecule has 2 aromatic rings. The van der Waals surface area contributed by atoms with Crippen LogP contribution in [-0.4, -0.2) is 23.4 Å². The van der Waals surface area contributed by atoms with Gasteiger partial charge in [-0.25, -0.2) is 0 Å². The third-order valence-corrected chi connectivity index (χ3v) is 4.31. The number of ether oxygens (including phenoxy) is 1. The van der Waals surface area contributed by atoms with Gasteiger partial charge in [0.1, 0.15) is 11.5 Å². The summed E-state index contributed by atoms with van der Waals surface area (Å²) in [6.07, 6.45) is 6.98. The number of hydrogen-bond acceptors (Lipinski definition) is 3. The molecular formula is C21H25ClO3. The number of phenolic OH excluding ortho intramolecular Hbond substituents is 1. The highest BCUT2D eigenvalue weighted by Crippen LogP contribution is 2.18. The maximum atomic E-state index is 12.3. The lowest BCUT2D eigenvalue weighted by molar-refractivity contribution is 0.103. The highest BCUT2D eigenvalue weighted by Gasteiger charge is 2.09. The normalized spacial score (nSPS) is 10.6. The van der Waals surface area contributed by atoms with Crippen molar-refractivity contribution in [2.75, 3.05) is 12.5 Å². The molecule has 0 spiro atoms. The fourth-order valence-corrected chi connectivity index (χ4v) is 2.76. The zero-order chi connectivity index (χ0) is 17.9. The van der Waals surface area contributed by atoms with E-state index < -0.39 is 0 Å². The molecule has 0 fully saturated rings. The Balaban J connectivity index is 1.72. The van der Waals surface area contributed by atoms with Crippen LogP contribution in [-0.2, 0) is 0 Å². The summed E-state index contributed by atoms with van der Waals surface area (Å²) in [6.45, 7) is 0.695. The van der Waals surface area contributed by atoms with Gasteiger partial charge in [-0.2, -0.15) is 0 Å². The molecule has 0 aliphatic heterocycles. The average Bonchev–Trinajstić information content (AvgIpc) is 2.64. The summed E-state index contributed by atoms with van der Waals surface area (Å²) in [5.74, 6) is 1.63. The van der Waals surface area contributed by atoms with E-state index in [2.05, 4.69) is 0 Å². The first-order valence-electron chi connectivity index (χ1n) is 8.83. The number of carbonyl (C=O) groups excluding carboxylic acids is 1. The molecule has 1 N–H and O–H groups in total. The van der Waals surface area contributed by atoms with E-state index in [1.807, 2.05) is 12.1 Å². The monoisotopic (exact) mass is 360 g/mol. The van der Waals surface area contributed by atoms with E-state index in [-0.39, 0.29) is 11.5 Å². The Kier molecular flexibility index (Phi) is 8.33. The average molecular weight is 361 g/mol. The minimum atomic E-state index is -0.0662. The van der Waals surface area contributed by atoms with E-state index in [1.54, 1.807) is 24.3 Å². The van der Waals surface area contributed by atoms with Gasteiger partial charge >= 0.3 is 0 Å². The summed E-state index contributed by atoms with van der Waals surface area (Å²) >= 11 is 5.65. The molecule has 0 saturated heterocycles. The molecule has 4 heteroatoms. The Morgan fingerprint density at radius 3 is 1.92 bits per heavy atom. The molecule has 25 heavy (non-hydrogen) atoms. The number of ketones is 1. The Morgan fingerprint density at radius 1 is 0.800 bits per heavy atom. The van der Waals surface area contributed by atoms with Gasteiger partial charge in [0.15, 0.2) is 5.78 Å².